The van der Waals surface area contributed by atoms with Crippen molar-refractivity contribution in [1.29, 1.82) is 0 Å². The first kappa shape index (κ1) is 23.3. The number of esters is 2. The van der Waals surface area contributed by atoms with E-state index >= 15 is 0 Å². The SMILES string of the molecule is CCOC(=O)C1CCN(C(=O)COC(=O)c2cccc(OCc3c(C)noc3C)c2)CC1. The van der Waals surface area contributed by atoms with E-state index in [1.165, 1.54) is 0 Å². The van der Waals surface area contributed by atoms with E-state index < -0.39 is 5.97 Å². The third kappa shape index (κ3) is 5.87. The number of rotatable bonds is 8. The van der Waals surface area contributed by atoms with Crippen LogP contribution in [0.15, 0.2) is 28.8 Å². The smallest absolute Gasteiger partial charge is 0.338 e. The molecule has 1 amide bonds. The molecule has 0 radical (unpaired) electrons. The van der Waals surface area contributed by atoms with Gasteiger partial charge in [-0.05, 0) is 51.8 Å². The Morgan fingerprint density at radius 3 is 2.56 bits per heavy atom. The third-order valence-corrected chi connectivity index (χ3v) is 5.43. The summed E-state index contributed by atoms with van der Waals surface area (Å²) in [6.07, 6.45) is 1.09. The summed E-state index contributed by atoms with van der Waals surface area (Å²) in [6.45, 7) is 6.54. The average Bonchev–Trinajstić information content (AvgIpc) is 3.13. The summed E-state index contributed by atoms with van der Waals surface area (Å²) < 4.78 is 21.1. The summed E-state index contributed by atoms with van der Waals surface area (Å²) in [5.41, 5.74) is 1.90. The van der Waals surface area contributed by atoms with Gasteiger partial charge in [-0.25, -0.2) is 4.79 Å². The fourth-order valence-corrected chi connectivity index (χ4v) is 3.50. The molecule has 9 nitrogen and oxygen atoms in total. The Kier molecular flexibility index (Phi) is 7.86. The van der Waals surface area contributed by atoms with Crippen LogP contribution in [0.3, 0.4) is 0 Å². The maximum atomic E-state index is 12.4. The highest BCUT2D eigenvalue weighted by Gasteiger charge is 2.28. The lowest BCUT2D eigenvalue weighted by Gasteiger charge is -2.30. The maximum Gasteiger partial charge on any atom is 0.338 e. The molecule has 0 N–H and O–H groups in total. The molecule has 1 fully saturated rings. The lowest BCUT2D eigenvalue weighted by atomic mass is 9.97. The number of aryl methyl sites for hydroxylation is 2. The number of amides is 1. The zero-order valence-electron chi connectivity index (χ0n) is 18.6. The molecule has 9 heteroatoms. The molecule has 0 aliphatic carbocycles. The van der Waals surface area contributed by atoms with E-state index in [0.29, 0.717) is 44.0 Å². The van der Waals surface area contributed by atoms with Gasteiger partial charge in [0.25, 0.3) is 5.91 Å². The van der Waals surface area contributed by atoms with Gasteiger partial charge in [-0.2, -0.15) is 0 Å². The van der Waals surface area contributed by atoms with E-state index in [4.69, 9.17) is 18.7 Å². The molecule has 32 heavy (non-hydrogen) atoms. The first-order chi connectivity index (χ1) is 15.4. The van der Waals surface area contributed by atoms with E-state index in [1.807, 2.05) is 13.8 Å². The fourth-order valence-electron chi connectivity index (χ4n) is 3.50. The number of carbonyl (C=O) groups is 3. The minimum absolute atomic E-state index is 0.185. The van der Waals surface area contributed by atoms with Crippen molar-refractivity contribution in [2.24, 2.45) is 5.92 Å². The standard InChI is InChI=1S/C23H28N2O7/c1-4-29-22(27)17-8-10-25(11-9-17)21(26)14-31-23(28)18-6-5-7-19(12-18)30-13-20-15(2)24-32-16(20)3/h5-7,12,17H,4,8-11,13-14H2,1-3H3. The topological polar surface area (TPSA) is 108 Å². The Hall–Kier alpha value is -3.36. The number of piperidine rings is 1. The molecule has 0 bridgehead atoms. The molecule has 0 spiro atoms. The first-order valence-corrected chi connectivity index (χ1v) is 10.6. The van der Waals surface area contributed by atoms with E-state index in [0.717, 1.165) is 11.3 Å². The zero-order chi connectivity index (χ0) is 23.1. The molecule has 1 aromatic heterocycles. The van der Waals surface area contributed by atoms with Gasteiger partial charge >= 0.3 is 11.9 Å². The minimum Gasteiger partial charge on any atom is -0.489 e. The van der Waals surface area contributed by atoms with Crippen molar-refractivity contribution >= 4 is 17.8 Å². The van der Waals surface area contributed by atoms with Crippen LogP contribution in [0.25, 0.3) is 0 Å². The van der Waals surface area contributed by atoms with Gasteiger partial charge in [0.1, 0.15) is 18.1 Å². The fraction of sp³-hybridized carbons (Fsp3) is 0.478. The monoisotopic (exact) mass is 444 g/mol. The predicted octanol–water partition coefficient (Wildman–Crippen LogP) is 2.83. The van der Waals surface area contributed by atoms with Gasteiger partial charge in [-0.3, -0.25) is 9.59 Å². The minimum atomic E-state index is -0.609. The van der Waals surface area contributed by atoms with Crippen LogP contribution >= 0.6 is 0 Å². The molecule has 0 saturated carbocycles. The zero-order valence-corrected chi connectivity index (χ0v) is 18.6. The van der Waals surface area contributed by atoms with Crippen molar-refractivity contribution in [2.45, 2.75) is 40.2 Å². The highest BCUT2D eigenvalue weighted by Crippen LogP contribution is 2.20. The van der Waals surface area contributed by atoms with Crippen LogP contribution in [0, 0.1) is 19.8 Å². The molecule has 3 rings (SSSR count). The number of likely N-dealkylation sites (tertiary alicyclic amines) is 1. The Morgan fingerprint density at radius 2 is 1.91 bits per heavy atom. The lowest BCUT2D eigenvalue weighted by molar-refractivity contribution is -0.151. The van der Waals surface area contributed by atoms with Crippen LogP contribution < -0.4 is 4.74 Å². The Bertz CT molecular complexity index is 942. The van der Waals surface area contributed by atoms with E-state index in [2.05, 4.69) is 5.16 Å². The second-order valence-electron chi connectivity index (χ2n) is 7.60. The molecule has 0 atom stereocenters. The highest BCUT2D eigenvalue weighted by atomic mass is 16.5. The lowest BCUT2D eigenvalue weighted by Crippen LogP contribution is -2.42. The number of benzene rings is 1. The summed E-state index contributed by atoms with van der Waals surface area (Å²) in [4.78, 5) is 38.2. The van der Waals surface area contributed by atoms with Gasteiger partial charge in [0.15, 0.2) is 6.61 Å². The molecular weight excluding hydrogens is 416 g/mol. The van der Waals surface area contributed by atoms with Crippen molar-refractivity contribution in [1.82, 2.24) is 10.1 Å². The number of aromatic nitrogens is 1. The molecule has 1 aromatic carbocycles. The van der Waals surface area contributed by atoms with Crippen LogP contribution in [0.1, 0.15) is 47.1 Å². The van der Waals surface area contributed by atoms with Gasteiger partial charge in [-0.1, -0.05) is 11.2 Å². The van der Waals surface area contributed by atoms with Crippen LogP contribution in [-0.4, -0.2) is 54.2 Å². The van der Waals surface area contributed by atoms with Gasteiger partial charge in [-0.15, -0.1) is 0 Å². The van der Waals surface area contributed by atoms with E-state index in [9.17, 15) is 14.4 Å². The van der Waals surface area contributed by atoms with Gasteiger partial charge in [0.05, 0.1) is 29.3 Å². The molecule has 0 unspecified atom stereocenters. The van der Waals surface area contributed by atoms with Crippen LogP contribution in [0.2, 0.25) is 0 Å². The van der Waals surface area contributed by atoms with Gasteiger partial charge in [0.2, 0.25) is 0 Å². The molecular formula is C23H28N2O7. The van der Waals surface area contributed by atoms with Gasteiger partial charge in [0, 0.05) is 13.1 Å². The number of ether oxygens (including phenoxy) is 3. The number of carbonyl (C=O) groups excluding carboxylic acids is 3. The average molecular weight is 444 g/mol. The van der Waals surface area contributed by atoms with Crippen LogP contribution in [-0.2, 0) is 25.7 Å². The van der Waals surface area contributed by atoms with Crippen molar-refractivity contribution in [2.75, 3.05) is 26.3 Å². The Morgan fingerprint density at radius 1 is 1.16 bits per heavy atom. The second kappa shape index (κ2) is 10.8. The van der Waals surface area contributed by atoms with Crippen molar-refractivity contribution in [3.63, 3.8) is 0 Å². The summed E-state index contributed by atoms with van der Waals surface area (Å²) in [7, 11) is 0. The highest BCUT2D eigenvalue weighted by molar-refractivity contribution is 5.91. The second-order valence-corrected chi connectivity index (χ2v) is 7.60. The number of hydrogen-bond acceptors (Lipinski definition) is 8. The molecule has 1 saturated heterocycles. The summed E-state index contributed by atoms with van der Waals surface area (Å²) >= 11 is 0. The van der Waals surface area contributed by atoms with E-state index in [-0.39, 0.29) is 36.6 Å². The normalized spacial score (nSPS) is 14.2. The van der Waals surface area contributed by atoms with Crippen molar-refractivity contribution in [3.8, 4) is 5.75 Å². The van der Waals surface area contributed by atoms with Gasteiger partial charge < -0.3 is 23.6 Å². The summed E-state index contributed by atoms with van der Waals surface area (Å²) in [5, 5.41) is 3.89. The molecule has 2 aromatic rings. The molecule has 1 aliphatic heterocycles. The van der Waals surface area contributed by atoms with Crippen LogP contribution in [0.5, 0.6) is 5.75 Å². The quantitative estimate of drug-likeness (QED) is 0.572. The Labute approximate surface area is 186 Å². The van der Waals surface area contributed by atoms with Crippen LogP contribution in [0.4, 0.5) is 0 Å². The van der Waals surface area contributed by atoms with E-state index in [1.54, 1.807) is 36.1 Å². The molecule has 1 aliphatic rings. The summed E-state index contributed by atoms with van der Waals surface area (Å²) in [5.74, 6) is -0.124. The number of nitrogens with zero attached hydrogens (tertiary/aromatic N) is 2. The van der Waals surface area contributed by atoms with Crippen molar-refractivity contribution < 1.29 is 33.1 Å². The van der Waals surface area contributed by atoms with Crippen molar-refractivity contribution in [3.05, 3.63) is 46.8 Å². The summed E-state index contributed by atoms with van der Waals surface area (Å²) in [6, 6.07) is 6.57. The third-order valence-electron chi connectivity index (χ3n) is 5.43. The molecule has 2 heterocycles. The largest absolute Gasteiger partial charge is 0.489 e. The maximum absolute atomic E-state index is 12.4. The predicted molar refractivity (Wildman–Crippen MR) is 113 cm³/mol. The molecule has 172 valence electrons. The first-order valence-electron chi connectivity index (χ1n) is 10.6. The Balaban J connectivity index is 1.47. The number of hydrogen-bond donors (Lipinski definition) is 0.